The number of hydrogen-bond donors (Lipinski definition) is 2. The van der Waals surface area contributed by atoms with E-state index in [2.05, 4.69) is 10.0 Å². The molecule has 1 aromatic carbocycles. The summed E-state index contributed by atoms with van der Waals surface area (Å²) < 4.78 is 31.8. The van der Waals surface area contributed by atoms with Crippen LogP contribution in [0.25, 0.3) is 0 Å². The molecule has 0 aliphatic rings. The minimum Gasteiger partial charge on any atom is -0.482 e. The van der Waals surface area contributed by atoms with Crippen LogP contribution in [-0.2, 0) is 14.8 Å². The van der Waals surface area contributed by atoms with Crippen molar-refractivity contribution in [2.75, 3.05) is 13.2 Å². The van der Waals surface area contributed by atoms with Crippen molar-refractivity contribution in [1.82, 2.24) is 10.0 Å². The van der Waals surface area contributed by atoms with Crippen molar-refractivity contribution in [3.8, 4) is 5.75 Å². The highest BCUT2D eigenvalue weighted by Crippen LogP contribution is 2.27. The van der Waals surface area contributed by atoms with Crippen molar-refractivity contribution < 1.29 is 17.9 Å². The average molecular weight is 349 g/mol. The fraction of sp³-hybridized carbons (Fsp3) is 0.500. The quantitative estimate of drug-likeness (QED) is 0.751. The zero-order chi connectivity index (χ0) is 16.8. The van der Waals surface area contributed by atoms with Crippen molar-refractivity contribution >= 4 is 27.5 Å². The van der Waals surface area contributed by atoms with Crippen LogP contribution in [0.4, 0.5) is 0 Å². The molecule has 0 aliphatic heterocycles. The van der Waals surface area contributed by atoms with Crippen molar-refractivity contribution in [1.29, 1.82) is 0 Å². The largest absolute Gasteiger partial charge is 0.482 e. The van der Waals surface area contributed by atoms with Gasteiger partial charge in [0.1, 0.15) is 5.75 Å². The van der Waals surface area contributed by atoms with Crippen LogP contribution in [0.2, 0.25) is 5.02 Å². The Hall–Kier alpha value is -1.31. The van der Waals surface area contributed by atoms with E-state index in [0.29, 0.717) is 6.54 Å². The minimum atomic E-state index is -3.61. The van der Waals surface area contributed by atoms with Crippen molar-refractivity contribution in [3.05, 3.63) is 23.2 Å². The van der Waals surface area contributed by atoms with Crippen LogP contribution in [0.3, 0.4) is 0 Å². The lowest BCUT2D eigenvalue weighted by Gasteiger charge is -2.12. The number of amides is 1. The van der Waals surface area contributed by atoms with Gasteiger partial charge in [-0.25, -0.2) is 13.1 Å². The summed E-state index contributed by atoms with van der Waals surface area (Å²) >= 11 is 6.01. The molecule has 0 atom stereocenters. The summed E-state index contributed by atoms with van der Waals surface area (Å²) in [6.07, 6.45) is 0.835. The lowest BCUT2D eigenvalue weighted by Crippen LogP contribution is -2.30. The van der Waals surface area contributed by atoms with E-state index in [1.54, 1.807) is 13.8 Å². The van der Waals surface area contributed by atoms with Crippen molar-refractivity contribution in [2.45, 2.75) is 38.1 Å². The van der Waals surface area contributed by atoms with Crippen LogP contribution in [0.15, 0.2) is 23.1 Å². The molecule has 0 bridgehead atoms. The van der Waals surface area contributed by atoms with Gasteiger partial charge in [0.25, 0.3) is 5.91 Å². The van der Waals surface area contributed by atoms with Gasteiger partial charge in [-0.1, -0.05) is 18.5 Å². The molecule has 1 aromatic rings. The highest BCUT2D eigenvalue weighted by molar-refractivity contribution is 7.89. The molecule has 2 N–H and O–H groups in total. The molecule has 1 rings (SSSR count). The second-order valence-corrected chi connectivity index (χ2v) is 7.13. The van der Waals surface area contributed by atoms with Crippen LogP contribution >= 0.6 is 11.6 Å². The summed E-state index contributed by atoms with van der Waals surface area (Å²) in [4.78, 5) is 11.5. The minimum absolute atomic E-state index is 0.0500. The SMILES string of the molecule is CCCNC(=O)COc1ccc(S(=O)(=O)NC(C)C)cc1Cl. The number of hydrogen-bond acceptors (Lipinski definition) is 4. The molecular weight excluding hydrogens is 328 g/mol. The van der Waals surface area contributed by atoms with Gasteiger partial charge in [0.15, 0.2) is 6.61 Å². The fourth-order valence-electron chi connectivity index (χ4n) is 1.60. The Morgan fingerprint density at radius 1 is 1.36 bits per heavy atom. The second-order valence-electron chi connectivity index (χ2n) is 5.01. The van der Waals surface area contributed by atoms with E-state index in [1.807, 2.05) is 6.92 Å². The number of carbonyl (C=O) groups excluding carboxylic acids is 1. The van der Waals surface area contributed by atoms with Gasteiger partial charge in [0.05, 0.1) is 9.92 Å². The predicted molar refractivity (Wildman–Crippen MR) is 85.7 cm³/mol. The predicted octanol–water partition coefficient (Wildman–Crippen LogP) is 1.93. The molecule has 0 saturated carbocycles. The van der Waals surface area contributed by atoms with E-state index >= 15 is 0 Å². The zero-order valence-corrected chi connectivity index (χ0v) is 14.4. The lowest BCUT2D eigenvalue weighted by molar-refractivity contribution is -0.123. The summed E-state index contributed by atoms with van der Waals surface area (Å²) in [5, 5.41) is 2.80. The van der Waals surface area contributed by atoms with Gasteiger partial charge in [-0.15, -0.1) is 0 Å². The Bertz CT molecular complexity index is 617. The molecule has 124 valence electrons. The first-order valence-corrected chi connectivity index (χ1v) is 8.83. The highest BCUT2D eigenvalue weighted by Gasteiger charge is 2.17. The third-order valence-electron chi connectivity index (χ3n) is 2.54. The van der Waals surface area contributed by atoms with E-state index in [4.69, 9.17) is 16.3 Å². The third-order valence-corrected chi connectivity index (χ3v) is 4.49. The molecular formula is C14H21ClN2O4S. The summed E-state index contributed by atoms with van der Waals surface area (Å²) in [7, 11) is -3.61. The van der Waals surface area contributed by atoms with E-state index in [1.165, 1.54) is 18.2 Å². The third kappa shape index (κ3) is 5.82. The molecule has 1 amide bonds. The van der Waals surface area contributed by atoms with Gasteiger partial charge in [-0.05, 0) is 38.5 Å². The average Bonchev–Trinajstić information content (AvgIpc) is 2.42. The normalized spacial score (nSPS) is 11.5. The molecule has 0 aliphatic carbocycles. The van der Waals surface area contributed by atoms with Crippen molar-refractivity contribution in [3.63, 3.8) is 0 Å². The van der Waals surface area contributed by atoms with Crippen LogP contribution in [0.1, 0.15) is 27.2 Å². The number of nitrogens with one attached hydrogen (secondary N) is 2. The fourth-order valence-corrected chi connectivity index (χ4v) is 3.18. The Kier molecular flexibility index (Phi) is 7.12. The molecule has 0 radical (unpaired) electrons. The summed E-state index contributed by atoms with van der Waals surface area (Å²) in [5.74, 6) is 0.00732. The Balaban J connectivity index is 2.76. The number of benzene rings is 1. The maximum atomic E-state index is 12.0. The first-order chi connectivity index (χ1) is 10.3. The van der Waals surface area contributed by atoms with Gasteiger partial charge >= 0.3 is 0 Å². The molecule has 22 heavy (non-hydrogen) atoms. The number of sulfonamides is 1. The smallest absolute Gasteiger partial charge is 0.257 e. The molecule has 0 fully saturated rings. The van der Waals surface area contributed by atoms with Crippen LogP contribution < -0.4 is 14.8 Å². The maximum absolute atomic E-state index is 12.0. The Morgan fingerprint density at radius 2 is 2.05 bits per heavy atom. The molecule has 0 saturated heterocycles. The van der Waals surface area contributed by atoms with E-state index in [9.17, 15) is 13.2 Å². The van der Waals surface area contributed by atoms with E-state index in [0.717, 1.165) is 6.42 Å². The van der Waals surface area contributed by atoms with Gasteiger partial charge in [-0.3, -0.25) is 4.79 Å². The second kappa shape index (κ2) is 8.36. The Labute approximate surface area is 136 Å². The van der Waals surface area contributed by atoms with Crippen LogP contribution in [-0.4, -0.2) is 33.5 Å². The number of halogens is 1. The summed E-state index contributed by atoms with van der Waals surface area (Å²) in [5.41, 5.74) is 0. The molecule has 6 nitrogen and oxygen atoms in total. The molecule has 0 unspecified atom stereocenters. The monoisotopic (exact) mass is 348 g/mol. The highest BCUT2D eigenvalue weighted by atomic mass is 35.5. The Morgan fingerprint density at radius 3 is 2.59 bits per heavy atom. The molecule has 0 aromatic heterocycles. The first kappa shape index (κ1) is 18.7. The van der Waals surface area contributed by atoms with E-state index < -0.39 is 10.0 Å². The maximum Gasteiger partial charge on any atom is 0.257 e. The lowest BCUT2D eigenvalue weighted by atomic mass is 10.3. The summed E-state index contributed by atoms with van der Waals surface area (Å²) in [6.45, 7) is 5.81. The van der Waals surface area contributed by atoms with Gasteiger partial charge in [-0.2, -0.15) is 0 Å². The number of ether oxygens (including phenoxy) is 1. The van der Waals surface area contributed by atoms with Gasteiger partial charge < -0.3 is 10.1 Å². The van der Waals surface area contributed by atoms with Gasteiger partial charge in [0, 0.05) is 12.6 Å². The molecule has 8 heteroatoms. The first-order valence-electron chi connectivity index (χ1n) is 6.97. The van der Waals surface area contributed by atoms with Crippen LogP contribution in [0.5, 0.6) is 5.75 Å². The molecule has 0 spiro atoms. The van der Waals surface area contributed by atoms with Crippen LogP contribution in [0, 0.1) is 0 Å². The zero-order valence-electron chi connectivity index (χ0n) is 12.8. The standard InChI is InChI=1S/C14H21ClN2O4S/c1-4-7-16-14(18)9-21-13-6-5-11(8-12(13)15)22(19,20)17-10(2)3/h5-6,8,10,17H,4,7,9H2,1-3H3,(H,16,18). The number of rotatable bonds is 8. The topological polar surface area (TPSA) is 84.5 Å². The van der Waals surface area contributed by atoms with Gasteiger partial charge in [0.2, 0.25) is 10.0 Å². The van der Waals surface area contributed by atoms with E-state index in [-0.39, 0.29) is 34.2 Å². The van der Waals surface area contributed by atoms with Crippen molar-refractivity contribution in [2.24, 2.45) is 0 Å². The molecule has 0 heterocycles. The number of carbonyl (C=O) groups is 1. The summed E-state index contributed by atoms with van der Waals surface area (Å²) in [6, 6.07) is 3.90.